The first-order valence-corrected chi connectivity index (χ1v) is 9.76. The molecular formula is C18H22FN5O2S. The van der Waals surface area contributed by atoms with Crippen molar-refractivity contribution in [1.29, 1.82) is 0 Å². The number of aliphatic hydroxyl groups is 1. The Balaban J connectivity index is 1.72. The van der Waals surface area contributed by atoms with Gasteiger partial charge >= 0.3 is 0 Å². The maximum absolute atomic E-state index is 13.9. The number of piperazine rings is 1. The Labute approximate surface area is 160 Å². The number of β-amino-alcohol motifs (C(OH)–C–C–N with tert-alkyl or cyclic N) is 1. The molecule has 9 heteroatoms. The van der Waals surface area contributed by atoms with Crippen molar-refractivity contribution in [1.82, 2.24) is 24.4 Å². The molecule has 1 fully saturated rings. The number of thiazole rings is 1. The molecule has 2 N–H and O–H groups in total. The van der Waals surface area contributed by atoms with E-state index in [0.29, 0.717) is 22.2 Å². The molecule has 27 heavy (non-hydrogen) atoms. The largest absolute Gasteiger partial charge is 0.492 e. The number of aliphatic hydroxyl groups excluding tert-OH is 1. The maximum Gasteiger partial charge on any atom is 0.230 e. The smallest absolute Gasteiger partial charge is 0.230 e. The van der Waals surface area contributed by atoms with Gasteiger partial charge in [0.05, 0.1) is 17.5 Å². The molecule has 1 aromatic carbocycles. The topological polar surface area (TPSA) is 77.1 Å². The molecular weight excluding hydrogens is 369 g/mol. The lowest BCUT2D eigenvalue weighted by Crippen LogP contribution is -2.48. The second-order valence-electron chi connectivity index (χ2n) is 6.70. The lowest BCUT2D eigenvalue weighted by Gasteiger charge is -2.39. The summed E-state index contributed by atoms with van der Waals surface area (Å²) in [5.74, 6) is 0.358. The number of fused-ring (bicyclic) bond motifs is 1. The minimum Gasteiger partial charge on any atom is -0.492 e. The van der Waals surface area contributed by atoms with Gasteiger partial charge in [-0.05, 0) is 24.6 Å². The summed E-state index contributed by atoms with van der Waals surface area (Å²) < 4.78 is 15.4. The minimum absolute atomic E-state index is 0.0580. The summed E-state index contributed by atoms with van der Waals surface area (Å²) in [4.78, 5) is 10.1. The summed E-state index contributed by atoms with van der Waals surface area (Å²) in [7, 11) is 0. The molecule has 3 heterocycles. The predicted molar refractivity (Wildman–Crippen MR) is 101 cm³/mol. The van der Waals surface area contributed by atoms with Gasteiger partial charge in [0.15, 0.2) is 0 Å². The van der Waals surface area contributed by atoms with Crippen LogP contribution in [0.2, 0.25) is 0 Å². The van der Waals surface area contributed by atoms with Gasteiger partial charge in [0.2, 0.25) is 10.8 Å². The third-order valence-corrected chi connectivity index (χ3v) is 5.98. The summed E-state index contributed by atoms with van der Waals surface area (Å²) in [5, 5.41) is 24.2. The van der Waals surface area contributed by atoms with Crippen molar-refractivity contribution in [2.24, 2.45) is 0 Å². The summed E-state index contributed by atoms with van der Waals surface area (Å²) in [6.45, 7) is 5.71. The minimum atomic E-state index is -0.300. The van der Waals surface area contributed by atoms with Gasteiger partial charge in [0.1, 0.15) is 11.6 Å². The third-order valence-electron chi connectivity index (χ3n) is 4.91. The number of aryl methyl sites for hydroxylation is 1. The van der Waals surface area contributed by atoms with Crippen LogP contribution < -0.4 is 0 Å². The second kappa shape index (κ2) is 7.51. The molecule has 0 radical (unpaired) electrons. The van der Waals surface area contributed by atoms with Crippen LogP contribution in [0.15, 0.2) is 24.3 Å². The quantitative estimate of drug-likeness (QED) is 0.689. The highest BCUT2D eigenvalue weighted by Crippen LogP contribution is 2.40. The van der Waals surface area contributed by atoms with Gasteiger partial charge in [0.25, 0.3) is 0 Å². The van der Waals surface area contributed by atoms with Crippen LogP contribution in [-0.2, 0) is 0 Å². The van der Waals surface area contributed by atoms with Crippen LogP contribution in [0.3, 0.4) is 0 Å². The van der Waals surface area contributed by atoms with Crippen molar-refractivity contribution in [2.45, 2.75) is 13.0 Å². The van der Waals surface area contributed by atoms with E-state index in [1.165, 1.54) is 28.0 Å². The Bertz CT molecular complexity index is 935. The molecule has 7 nitrogen and oxygen atoms in total. The fraction of sp³-hybridized carbons (Fsp3) is 0.444. The molecule has 0 aliphatic carbocycles. The summed E-state index contributed by atoms with van der Waals surface area (Å²) >= 11 is 1.38. The highest BCUT2D eigenvalue weighted by Gasteiger charge is 2.31. The lowest BCUT2D eigenvalue weighted by molar-refractivity contribution is 0.0944. The highest BCUT2D eigenvalue weighted by molar-refractivity contribution is 7.17. The molecule has 0 saturated carbocycles. The van der Waals surface area contributed by atoms with Crippen LogP contribution in [0.25, 0.3) is 4.96 Å². The number of halogens is 1. The van der Waals surface area contributed by atoms with Gasteiger partial charge in [-0.15, -0.1) is 5.10 Å². The van der Waals surface area contributed by atoms with Crippen molar-refractivity contribution in [3.05, 3.63) is 46.3 Å². The first-order valence-electron chi connectivity index (χ1n) is 8.94. The Kier molecular flexibility index (Phi) is 5.09. The van der Waals surface area contributed by atoms with Crippen molar-refractivity contribution < 1.29 is 14.6 Å². The van der Waals surface area contributed by atoms with E-state index in [9.17, 15) is 9.50 Å². The Morgan fingerprint density at radius 2 is 2.04 bits per heavy atom. The van der Waals surface area contributed by atoms with Crippen LogP contribution in [0.5, 0.6) is 5.88 Å². The van der Waals surface area contributed by atoms with Crippen LogP contribution >= 0.6 is 11.3 Å². The number of nitrogens with zero attached hydrogens (tertiary/aromatic N) is 5. The van der Waals surface area contributed by atoms with E-state index in [4.69, 9.17) is 5.11 Å². The molecule has 144 valence electrons. The van der Waals surface area contributed by atoms with Crippen molar-refractivity contribution in [2.75, 3.05) is 39.3 Å². The van der Waals surface area contributed by atoms with Gasteiger partial charge in [-0.1, -0.05) is 23.5 Å². The SMILES string of the molecule is Cc1nc2sc(C(c3cccc(F)c3)N3CCN(CCO)CC3)c(O)n2n1. The Hall–Kier alpha value is -2.07. The molecule has 0 spiro atoms. The van der Waals surface area contributed by atoms with E-state index in [1.54, 1.807) is 13.0 Å². The summed E-state index contributed by atoms with van der Waals surface area (Å²) in [5.41, 5.74) is 0.794. The van der Waals surface area contributed by atoms with Crippen LogP contribution in [0, 0.1) is 12.7 Å². The fourth-order valence-corrected chi connectivity index (χ4v) is 4.78. The van der Waals surface area contributed by atoms with E-state index >= 15 is 0 Å². The van der Waals surface area contributed by atoms with E-state index in [0.717, 1.165) is 31.7 Å². The van der Waals surface area contributed by atoms with E-state index in [1.807, 2.05) is 6.07 Å². The zero-order valence-electron chi connectivity index (χ0n) is 15.0. The molecule has 1 aliphatic rings. The average molecular weight is 391 g/mol. The highest BCUT2D eigenvalue weighted by atomic mass is 32.1. The molecule has 0 bridgehead atoms. The van der Waals surface area contributed by atoms with Gasteiger partial charge < -0.3 is 10.2 Å². The fourth-order valence-electron chi connectivity index (χ4n) is 3.62. The number of aromatic nitrogens is 3. The standard InChI is InChI=1S/C18H22FN5O2S/c1-12-20-18-24(21-12)17(26)16(27-18)15(13-3-2-4-14(19)11-13)23-7-5-22(6-8-23)9-10-25/h2-4,11,15,25-26H,5-10H2,1H3. The lowest BCUT2D eigenvalue weighted by atomic mass is 10.0. The van der Waals surface area contributed by atoms with Gasteiger partial charge in [-0.25, -0.2) is 9.37 Å². The van der Waals surface area contributed by atoms with Gasteiger partial charge in [0, 0.05) is 32.7 Å². The zero-order valence-corrected chi connectivity index (χ0v) is 15.9. The predicted octanol–water partition coefficient (Wildman–Crippen LogP) is 1.64. The number of hydrogen-bond acceptors (Lipinski definition) is 7. The molecule has 1 atom stereocenters. The molecule has 0 amide bonds. The van der Waals surface area contributed by atoms with Crippen LogP contribution in [0.1, 0.15) is 22.3 Å². The Morgan fingerprint density at radius 3 is 2.70 bits per heavy atom. The average Bonchev–Trinajstić information content (AvgIpc) is 3.15. The molecule has 3 aromatic rings. The van der Waals surface area contributed by atoms with Crippen LogP contribution in [0.4, 0.5) is 4.39 Å². The van der Waals surface area contributed by atoms with Crippen LogP contribution in [-0.4, -0.2) is 73.9 Å². The van der Waals surface area contributed by atoms with E-state index in [-0.39, 0.29) is 24.3 Å². The van der Waals surface area contributed by atoms with Gasteiger partial charge in [-0.2, -0.15) is 4.52 Å². The number of rotatable bonds is 5. The first-order chi connectivity index (χ1) is 13.1. The third kappa shape index (κ3) is 3.55. The molecule has 1 saturated heterocycles. The molecule has 1 aliphatic heterocycles. The molecule has 1 unspecified atom stereocenters. The molecule has 2 aromatic heterocycles. The number of benzene rings is 1. The van der Waals surface area contributed by atoms with E-state index < -0.39 is 0 Å². The normalized spacial score (nSPS) is 17.6. The monoisotopic (exact) mass is 391 g/mol. The second-order valence-corrected chi connectivity index (χ2v) is 7.71. The Morgan fingerprint density at radius 1 is 1.26 bits per heavy atom. The van der Waals surface area contributed by atoms with Gasteiger partial charge in [-0.3, -0.25) is 9.80 Å². The van der Waals surface area contributed by atoms with Crippen molar-refractivity contribution in [3.8, 4) is 5.88 Å². The molecule has 4 rings (SSSR count). The summed E-state index contributed by atoms with van der Waals surface area (Å²) in [6, 6.07) is 6.24. The first kappa shape index (κ1) is 18.3. The summed E-state index contributed by atoms with van der Waals surface area (Å²) in [6.07, 6.45) is 0. The number of hydrogen-bond donors (Lipinski definition) is 2. The van der Waals surface area contributed by atoms with Crippen molar-refractivity contribution >= 4 is 16.3 Å². The zero-order chi connectivity index (χ0) is 19.0. The van der Waals surface area contributed by atoms with Crippen molar-refractivity contribution in [3.63, 3.8) is 0 Å². The number of aromatic hydroxyl groups is 1. The maximum atomic E-state index is 13.9. The van der Waals surface area contributed by atoms with E-state index in [2.05, 4.69) is 19.9 Å².